The molecular formula is C19H18O. The third-order valence-corrected chi connectivity index (χ3v) is 4.37. The van der Waals surface area contributed by atoms with Gasteiger partial charge in [-0.05, 0) is 29.5 Å². The highest BCUT2D eigenvalue weighted by atomic mass is 16.1. The summed E-state index contributed by atoms with van der Waals surface area (Å²) in [5.41, 5.74) is 1.88. The van der Waals surface area contributed by atoms with Gasteiger partial charge >= 0.3 is 0 Å². The molecule has 3 rings (SSSR count). The van der Waals surface area contributed by atoms with E-state index in [0.717, 1.165) is 12.0 Å². The van der Waals surface area contributed by atoms with E-state index in [4.69, 9.17) is 0 Å². The highest BCUT2D eigenvalue weighted by Gasteiger charge is 2.45. The summed E-state index contributed by atoms with van der Waals surface area (Å²) in [5, 5.41) is 0. The summed E-state index contributed by atoms with van der Waals surface area (Å²) in [6, 6.07) is 20.5. The Balaban J connectivity index is 2.08. The fourth-order valence-electron chi connectivity index (χ4n) is 3.18. The molecule has 0 bridgehead atoms. The molecule has 0 aromatic heterocycles. The second-order valence-electron chi connectivity index (χ2n) is 5.51. The van der Waals surface area contributed by atoms with Crippen molar-refractivity contribution < 1.29 is 4.79 Å². The number of carbonyl (C=O) groups excluding carboxylic acids is 1. The molecule has 0 amide bonds. The highest BCUT2D eigenvalue weighted by molar-refractivity contribution is 6.02. The lowest BCUT2D eigenvalue weighted by atomic mass is 9.68. The average molecular weight is 262 g/mol. The van der Waals surface area contributed by atoms with Gasteiger partial charge in [0.25, 0.3) is 0 Å². The first-order chi connectivity index (χ1) is 9.73. The van der Waals surface area contributed by atoms with Gasteiger partial charge in [0.2, 0.25) is 0 Å². The second-order valence-corrected chi connectivity index (χ2v) is 5.51. The molecule has 0 unspecified atom stereocenters. The van der Waals surface area contributed by atoms with E-state index in [9.17, 15) is 4.79 Å². The molecule has 0 N–H and O–H groups in total. The van der Waals surface area contributed by atoms with Gasteiger partial charge < -0.3 is 0 Å². The van der Waals surface area contributed by atoms with Crippen LogP contribution in [0.4, 0.5) is 0 Å². The van der Waals surface area contributed by atoms with Crippen LogP contribution in [0.1, 0.15) is 18.1 Å². The third-order valence-electron chi connectivity index (χ3n) is 4.37. The SMILES string of the molecule is C[C@@H]1C=CC(=O)[C@]1(Cc1ccccc1)c1ccccc1. The van der Waals surface area contributed by atoms with Gasteiger partial charge in [-0.2, -0.15) is 0 Å². The Labute approximate surface area is 120 Å². The molecule has 2 aromatic rings. The Bertz CT molecular complexity index is 627. The minimum absolute atomic E-state index is 0.220. The van der Waals surface area contributed by atoms with E-state index in [1.165, 1.54) is 5.56 Å². The number of hydrogen-bond acceptors (Lipinski definition) is 1. The first-order valence-electron chi connectivity index (χ1n) is 7.05. The van der Waals surface area contributed by atoms with E-state index in [-0.39, 0.29) is 11.7 Å². The van der Waals surface area contributed by atoms with Gasteiger partial charge in [-0.15, -0.1) is 0 Å². The third kappa shape index (κ3) is 2.00. The van der Waals surface area contributed by atoms with Gasteiger partial charge in [0.15, 0.2) is 5.78 Å². The molecule has 1 heteroatoms. The van der Waals surface area contributed by atoms with Crippen molar-refractivity contribution >= 4 is 5.78 Å². The van der Waals surface area contributed by atoms with Crippen LogP contribution in [0, 0.1) is 5.92 Å². The Morgan fingerprint density at radius 2 is 1.55 bits per heavy atom. The van der Waals surface area contributed by atoms with E-state index < -0.39 is 5.41 Å². The largest absolute Gasteiger partial charge is 0.294 e. The maximum atomic E-state index is 12.6. The van der Waals surface area contributed by atoms with Crippen LogP contribution in [-0.4, -0.2) is 5.78 Å². The van der Waals surface area contributed by atoms with Crippen molar-refractivity contribution in [3.05, 3.63) is 83.9 Å². The first-order valence-corrected chi connectivity index (χ1v) is 7.05. The van der Waals surface area contributed by atoms with Crippen molar-refractivity contribution in [3.63, 3.8) is 0 Å². The number of hydrogen-bond donors (Lipinski definition) is 0. The summed E-state index contributed by atoms with van der Waals surface area (Å²) in [6.45, 7) is 2.14. The molecule has 0 radical (unpaired) electrons. The normalized spacial score (nSPS) is 25.1. The molecular weight excluding hydrogens is 244 g/mol. The van der Waals surface area contributed by atoms with Crippen LogP contribution < -0.4 is 0 Å². The average Bonchev–Trinajstić information content (AvgIpc) is 2.78. The molecule has 2 aromatic carbocycles. The summed E-state index contributed by atoms with van der Waals surface area (Å²) in [5.74, 6) is 0.442. The van der Waals surface area contributed by atoms with Crippen LogP contribution in [0.25, 0.3) is 0 Å². The number of rotatable bonds is 3. The van der Waals surface area contributed by atoms with E-state index in [1.54, 1.807) is 6.08 Å². The quantitative estimate of drug-likeness (QED) is 0.818. The summed E-state index contributed by atoms with van der Waals surface area (Å²) < 4.78 is 0. The fourth-order valence-corrected chi connectivity index (χ4v) is 3.18. The van der Waals surface area contributed by atoms with E-state index in [0.29, 0.717) is 0 Å². The minimum atomic E-state index is -0.442. The summed E-state index contributed by atoms with van der Waals surface area (Å²) in [7, 11) is 0. The molecule has 0 saturated heterocycles. The Hall–Kier alpha value is -2.15. The van der Waals surface area contributed by atoms with Crippen molar-refractivity contribution in [2.45, 2.75) is 18.8 Å². The monoisotopic (exact) mass is 262 g/mol. The Morgan fingerprint density at radius 3 is 2.10 bits per heavy atom. The summed E-state index contributed by atoms with van der Waals surface area (Å²) in [4.78, 5) is 12.6. The maximum Gasteiger partial charge on any atom is 0.166 e. The highest BCUT2D eigenvalue weighted by Crippen LogP contribution is 2.41. The zero-order valence-electron chi connectivity index (χ0n) is 11.6. The van der Waals surface area contributed by atoms with Crippen LogP contribution in [0.2, 0.25) is 0 Å². The number of allylic oxidation sites excluding steroid dienone is 2. The topological polar surface area (TPSA) is 17.1 Å². The lowest BCUT2D eigenvalue weighted by Gasteiger charge is -2.33. The van der Waals surface area contributed by atoms with E-state index in [1.807, 2.05) is 42.5 Å². The maximum absolute atomic E-state index is 12.6. The van der Waals surface area contributed by atoms with Crippen molar-refractivity contribution in [1.82, 2.24) is 0 Å². The predicted octanol–water partition coefficient (Wildman–Crippen LogP) is 3.94. The van der Waals surface area contributed by atoms with E-state index >= 15 is 0 Å². The molecule has 0 spiro atoms. The molecule has 1 nitrogen and oxygen atoms in total. The van der Waals surface area contributed by atoms with Gasteiger partial charge in [-0.3, -0.25) is 4.79 Å². The predicted molar refractivity (Wildman–Crippen MR) is 81.6 cm³/mol. The lowest BCUT2D eigenvalue weighted by Crippen LogP contribution is -2.39. The lowest BCUT2D eigenvalue weighted by molar-refractivity contribution is -0.120. The van der Waals surface area contributed by atoms with Gasteiger partial charge in [-0.1, -0.05) is 73.7 Å². The van der Waals surface area contributed by atoms with Crippen LogP contribution in [-0.2, 0) is 16.6 Å². The number of benzene rings is 2. The standard InChI is InChI=1S/C19H18O/c1-15-12-13-18(20)19(15,17-10-6-3-7-11-17)14-16-8-4-2-5-9-16/h2-13,15H,14H2,1H3/t15-,19+/m1/s1. The molecule has 0 heterocycles. The van der Waals surface area contributed by atoms with Crippen LogP contribution in [0.3, 0.4) is 0 Å². The first kappa shape index (κ1) is 12.9. The zero-order chi connectivity index (χ0) is 14.0. The summed E-state index contributed by atoms with van der Waals surface area (Å²) >= 11 is 0. The molecule has 0 saturated carbocycles. The molecule has 1 aliphatic carbocycles. The van der Waals surface area contributed by atoms with Gasteiger partial charge in [0, 0.05) is 0 Å². The van der Waals surface area contributed by atoms with Crippen molar-refractivity contribution in [1.29, 1.82) is 0 Å². The summed E-state index contributed by atoms with van der Waals surface area (Å²) in [6.07, 6.45) is 4.55. The molecule has 2 atom stereocenters. The van der Waals surface area contributed by atoms with Gasteiger partial charge in [-0.25, -0.2) is 0 Å². The van der Waals surface area contributed by atoms with Gasteiger partial charge in [0.05, 0.1) is 5.41 Å². The van der Waals surface area contributed by atoms with Crippen molar-refractivity contribution in [2.75, 3.05) is 0 Å². The van der Waals surface area contributed by atoms with Crippen molar-refractivity contribution in [3.8, 4) is 0 Å². The van der Waals surface area contributed by atoms with Crippen LogP contribution >= 0.6 is 0 Å². The fraction of sp³-hybridized carbons (Fsp3) is 0.211. The van der Waals surface area contributed by atoms with Crippen LogP contribution in [0.5, 0.6) is 0 Å². The van der Waals surface area contributed by atoms with Gasteiger partial charge in [0.1, 0.15) is 0 Å². The molecule has 1 aliphatic rings. The number of carbonyl (C=O) groups is 1. The zero-order valence-corrected chi connectivity index (χ0v) is 11.6. The van der Waals surface area contributed by atoms with Crippen LogP contribution in [0.15, 0.2) is 72.8 Å². The van der Waals surface area contributed by atoms with Crippen molar-refractivity contribution in [2.24, 2.45) is 5.92 Å². The molecule has 100 valence electrons. The second kappa shape index (κ2) is 5.09. The Kier molecular flexibility index (Phi) is 3.27. The Morgan fingerprint density at radius 1 is 0.950 bits per heavy atom. The molecule has 0 fully saturated rings. The smallest absolute Gasteiger partial charge is 0.166 e. The molecule has 0 aliphatic heterocycles. The minimum Gasteiger partial charge on any atom is -0.294 e. The molecule has 20 heavy (non-hydrogen) atoms. The number of ketones is 1. The van der Waals surface area contributed by atoms with E-state index in [2.05, 4.69) is 31.2 Å².